The minimum Gasteiger partial charge on any atom is -0.326 e. The van der Waals surface area contributed by atoms with E-state index < -0.39 is 0 Å². The number of aryl methyl sites for hydroxylation is 1. The standard InChI is InChI=1S/C13H21N3O/c1-9-5-6-12(10(2)11(9)7-14)15-13(17)8-16(3)4/h5-6H,7-8,14H2,1-4H3,(H,15,17). The summed E-state index contributed by atoms with van der Waals surface area (Å²) in [7, 11) is 3.74. The van der Waals surface area contributed by atoms with Crippen LogP contribution in [0.4, 0.5) is 5.69 Å². The Morgan fingerprint density at radius 1 is 1.35 bits per heavy atom. The Morgan fingerprint density at radius 2 is 2.00 bits per heavy atom. The number of likely N-dealkylation sites (N-methyl/N-ethyl adjacent to an activating group) is 1. The van der Waals surface area contributed by atoms with Crippen LogP contribution in [-0.2, 0) is 11.3 Å². The van der Waals surface area contributed by atoms with E-state index in [2.05, 4.69) is 5.32 Å². The highest BCUT2D eigenvalue weighted by molar-refractivity contribution is 5.93. The van der Waals surface area contributed by atoms with E-state index in [9.17, 15) is 4.79 Å². The third-order valence-corrected chi connectivity index (χ3v) is 2.77. The molecule has 0 unspecified atom stereocenters. The van der Waals surface area contributed by atoms with Crippen molar-refractivity contribution < 1.29 is 4.79 Å². The van der Waals surface area contributed by atoms with Crippen molar-refractivity contribution in [2.24, 2.45) is 5.73 Å². The second kappa shape index (κ2) is 5.80. The van der Waals surface area contributed by atoms with E-state index >= 15 is 0 Å². The molecule has 0 atom stereocenters. The van der Waals surface area contributed by atoms with Gasteiger partial charge in [-0.2, -0.15) is 0 Å². The highest BCUT2D eigenvalue weighted by Gasteiger charge is 2.09. The van der Waals surface area contributed by atoms with Gasteiger partial charge in [0.15, 0.2) is 0 Å². The maximum Gasteiger partial charge on any atom is 0.238 e. The monoisotopic (exact) mass is 235 g/mol. The molecule has 0 aliphatic heterocycles. The molecule has 0 heterocycles. The first-order valence-corrected chi connectivity index (χ1v) is 5.69. The fourth-order valence-corrected chi connectivity index (χ4v) is 1.82. The minimum atomic E-state index is -0.00933. The highest BCUT2D eigenvalue weighted by Crippen LogP contribution is 2.22. The number of carbonyl (C=O) groups excluding carboxylic acids is 1. The van der Waals surface area contributed by atoms with Crippen LogP contribution in [0.2, 0.25) is 0 Å². The van der Waals surface area contributed by atoms with Crippen LogP contribution in [-0.4, -0.2) is 31.4 Å². The summed E-state index contributed by atoms with van der Waals surface area (Å²) in [4.78, 5) is 13.5. The van der Waals surface area contributed by atoms with E-state index in [1.165, 1.54) is 0 Å². The van der Waals surface area contributed by atoms with Crippen LogP contribution in [0.5, 0.6) is 0 Å². The Kier molecular flexibility index (Phi) is 4.66. The van der Waals surface area contributed by atoms with E-state index in [-0.39, 0.29) is 5.91 Å². The van der Waals surface area contributed by atoms with E-state index in [0.29, 0.717) is 13.1 Å². The second-order valence-corrected chi connectivity index (χ2v) is 4.52. The molecule has 3 N–H and O–H groups in total. The first-order chi connectivity index (χ1) is 7.95. The Hall–Kier alpha value is -1.39. The minimum absolute atomic E-state index is 0.00933. The molecule has 1 aromatic carbocycles. The fraction of sp³-hybridized carbons (Fsp3) is 0.462. The van der Waals surface area contributed by atoms with Crippen molar-refractivity contribution in [3.8, 4) is 0 Å². The van der Waals surface area contributed by atoms with Crippen LogP contribution in [0.25, 0.3) is 0 Å². The van der Waals surface area contributed by atoms with Crippen molar-refractivity contribution in [2.75, 3.05) is 26.0 Å². The van der Waals surface area contributed by atoms with Gasteiger partial charge in [-0.15, -0.1) is 0 Å². The molecule has 0 saturated heterocycles. The number of anilines is 1. The van der Waals surface area contributed by atoms with Gasteiger partial charge in [-0.1, -0.05) is 6.07 Å². The van der Waals surface area contributed by atoms with Crippen molar-refractivity contribution >= 4 is 11.6 Å². The van der Waals surface area contributed by atoms with E-state index in [1.807, 2.05) is 45.0 Å². The van der Waals surface area contributed by atoms with Gasteiger partial charge in [0.05, 0.1) is 6.54 Å². The number of benzene rings is 1. The normalized spacial score (nSPS) is 10.7. The van der Waals surface area contributed by atoms with Crippen LogP contribution in [0.15, 0.2) is 12.1 Å². The van der Waals surface area contributed by atoms with E-state index in [4.69, 9.17) is 5.73 Å². The van der Waals surface area contributed by atoms with Crippen molar-refractivity contribution in [3.63, 3.8) is 0 Å². The first-order valence-electron chi connectivity index (χ1n) is 5.69. The summed E-state index contributed by atoms with van der Waals surface area (Å²) >= 11 is 0. The van der Waals surface area contributed by atoms with Gasteiger partial charge in [0.2, 0.25) is 5.91 Å². The third-order valence-electron chi connectivity index (χ3n) is 2.77. The smallest absolute Gasteiger partial charge is 0.238 e. The molecule has 94 valence electrons. The molecular formula is C13H21N3O. The number of hydrogen-bond donors (Lipinski definition) is 2. The number of nitrogens with zero attached hydrogens (tertiary/aromatic N) is 1. The average molecular weight is 235 g/mol. The Morgan fingerprint density at radius 3 is 2.53 bits per heavy atom. The lowest BCUT2D eigenvalue weighted by Crippen LogP contribution is -2.27. The summed E-state index contributed by atoms with van der Waals surface area (Å²) in [5.41, 5.74) is 9.88. The van der Waals surface area contributed by atoms with Crippen LogP contribution in [0, 0.1) is 13.8 Å². The zero-order chi connectivity index (χ0) is 13.0. The fourth-order valence-electron chi connectivity index (χ4n) is 1.82. The Balaban J connectivity index is 2.89. The molecule has 4 heteroatoms. The summed E-state index contributed by atoms with van der Waals surface area (Å²) in [5, 5.41) is 2.91. The third kappa shape index (κ3) is 3.54. The van der Waals surface area contributed by atoms with E-state index in [1.54, 1.807) is 0 Å². The second-order valence-electron chi connectivity index (χ2n) is 4.52. The molecular weight excluding hydrogens is 214 g/mol. The maximum absolute atomic E-state index is 11.7. The summed E-state index contributed by atoms with van der Waals surface area (Å²) < 4.78 is 0. The van der Waals surface area contributed by atoms with Gasteiger partial charge in [-0.3, -0.25) is 4.79 Å². The molecule has 4 nitrogen and oxygen atoms in total. The van der Waals surface area contributed by atoms with E-state index in [0.717, 1.165) is 22.4 Å². The molecule has 0 aliphatic rings. The first kappa shape index (κ1) is 13.7. The highest BCUT2D eigenvalue weighted by atomic mass is 16.2. The summed E-state index contributed by atoms with van der Waals surface area (Å²) in [6, 6.07) is 3.91. The predicted molar refractivity (Wildman–Crippen MR) is 71.0 cm³/mol. The molecule has 17 heavy (non-hydrogen) atoms. The lowest BCUT2D eigenvalue weighted by Gasteiger charge is -2.15. The van der Waals surface area contributed by atoms with Gasteiger partial charge < -0.3 is 16.0 Å². The van der Waals surface area contributed by atoms with Crippen LogP contribution < -0.4 is 11.1 Å². The lowest BCUT2D eigenvalue weighted by molar-refractivity contribution is -0.116. The van der Waals surface area contributed by atoms with Gasteiger partial charge in [0, 0.05) is 12.2 Å². The quantitative estimate of drug-likeness (QED) is 0.826. The number of carbonyl (C=O) groups is 1. The van der Waals surface area contributed by atoms with Gasteiger partial charge in [0.1, 0.15) is 0 Å². The molecule has 1 amide bonds. The SMILES string of the molecule is Cc1ccc(NC(=O)CN(C)C)c(C)c1CN. The molecule has 0 fully saturated rings. The number of nitrogens with one attached hydrogen (secondary N) is 1. The van der Waals surface area contributed by atoms with Crippen LogP contribution in [0.1, 0.15) is 16.7 Å². The summed E-state index contributed by atoms with van der Waals surface area (Å²) in [6.45, 7) is 4.89. The molecule has 0 saturated carbocycles. The molecule has 0 bridgehead atoms. The van der Waals surface area contributed by atoms with Crippen molar-refractivity contribution in [3.05, 3.63) is 28.8 Å². The molecule has 0 radical (unpaired) electrons. The van der Waals surface area contributed by atoms with Crippen LogP contribution in [0.3, 0.4) is 0 Å². The van der Waals surface area contributed by atoms with Crippen molar-refractivity contribution in [1.82, 2.24) is 4.90 Å². The van der Waals surface area contributed by atoms with Crippen molar-refractivity contribution in [1.29, 1.82) is 0 Å². The van der Waals surface area contributed by atoms with Gasteiger partial charge in [-0.25, -0.2) is 0 Å². The summed E-state index contributed by atoms with van der Waals surface area (Å²) in [5.74, 6) is -0.00933. The molecule has 1 aromatic rings. The molecule has 0 aromatic heterocycles. The number of nitrogens with two attached hydrogens (primary N) is 1. The predicted octanol–water partition coefficient (Wildman–Crippen LogP) is 1.26. The molecule has 1 rings (SSSR count). The molecule has 0 spiro atoms. The van der Waals surface area contributed by atoms with Gasteiger partial charge in [-0.05, 0) is 50.7 Å². The molecule has 0 aliphatic carbocycles. The Labute approximate surface area is 103 Å². The van der Waals surface area contributed by atoms with Gasteiger partial charge >= 0.3 is 0 Å². The Bertz CT molecular complexity index is 413. The number of amides is 1. The van der Waals surface area contributed by atoms with Crippen molar-refractivity contribution in [2.45, 2.75) is 20.4 Å². The van der Waals surface area contributed by atoms with Crippen LogP contribution >= 0.6 is 0 Å². The lowest BCUT2D eigenvalue weighted by atomic mass is 10.0. The number of hydrogen-bond acceptors (Lipinski definition) is 3. The van der Waals surface area contributed by atoms with Gasteiger partial charge in [0.25, 0.3) is 0 Å². The number of rotatable bonds is 4. The zero-order valence-electron chi connectivity index (χ0n) is 11.0. The topological polar surface area (TPSA) is 58.4 Å². The maximum atomic E-state index is 11.7. The largest absolute Gasteiger partial charge is 0.326 e. The summed E-state index contributed by atoms with van der Waals surface area (Å²) in [6.07, 6.45) is 0. The average Bonchev–Trinajstić information content (AvgIpc) is 2.22. The zero-order valence-corrected chi connectivity index (χ0v) is 11.0.